The van der Waals surface area contributed by atoms with E-state index in [-0.39, 0.29) is 0 Å². The molecule has 3 aromatic rings. The molecule has 0 bridgehead atoms. The van der Waals surface area contributed by atoms with E-state index in [4.69, 9.17) is 0 Å². The summed E-state index contributed by atoms with van der Waals surface area (Å²) in [6.45, 7) is 9.76. The highest BCUT2D eigenvalue weighted by molar-refractivity contribution is 5.84. The maximum Gasteiger partial charge on any atom is 0.0483 e. The Morgan fingerprint density at radius 1 is 1.07 bits per heavy atom. The van der Waals surface area contributed by atoms with Gasteiger partial charge in [0.25, 0.3) is 0 Å². The molecule has 1 aromatic heterocycles. The average molecular weight is 359 g/mol. The summed E-state index contributed by atoms with van der Waals surface area (Å²) in [5.41, 5.74) is 6.64. The van der Waals surface area contributed by atoms with E-state index in [0.29, 0.717) is 0 Å². The first-order chi connectivity index (χ1) is 13.2. The first-order valence-electron chi connectivity index (χ1n) is 10.3. The molecule has 0 atom stereocenters. The van der Waals surface area contributed by atoms with Gasteiger partial charge in [0.2, 0.25) is 0 Å². The van der Waals surface area contributed by atoms with Crippen molar-refractivity contribution in [2.45, 2.75) is 39.2 Å². The van der Waals surface area contributed by atoms with E-state index in [2.05, 4.69) is 78.1 Å². The summed E-state index contributed by atoms with van der Waals surface area (Å²) in [6, 6.07) is 17.8. The van der Waals surface area contributed by atoms with Crippen LogP contribution in [-0.4, -0.2) is 17.7 Å². The Hall–Kier alpha value is -2.32. The number of nitrogens with zero attached hydrogens (tertiary/aromatic N) is 1. The fourth-order valence-corrected chi connectivity index (χ4v) is 4.24. The Labute approximate surface area is 162 Å². The van der Waals surface area contributed by atoms with Gasteiger partial charge in [-0.05, 0) is 73.0 Å². The molecule has 1 aliphatic rings. The maximum atomic E-state index is 4.15. The molecule has 2 heterocycles. The minimum atomic E-state index is 0.786. The van der Waals surface area contributed by atoms with Gasteiger partial charge in [0.15, 0.2) is 0 Å². The highest BCUT2D eigenvalue weighted by Crippen LogP contribution is 2.27. The van der Waals surface area contributed by atoms with Gasteiger partial charge in [0, 0.05) is 23.6 Å². The molecule has 140 valence electrons. The van der Waals surface area contributed by atoms with Crippen LogP contribution in [-0.2, 0) is 13.0 Å². The van der Waals surface area contributed by atoms with Crippen LogP contribution in [0.15, 0.2) is 61.3 Å². The SMILES string of the molecule is C=C(CC)c1ccc(Cc2cn(CC3CCNCC3)c3ccccc23)cc1. The zero-order valence-electron chi connectivity index (χ0n) is 16.4. The second-order valence-electron chi connectivity index (χ2n) is 7.85. The van der Waals surface area contributed by atoms with Crippen molar-refractivity contribution in [2.24, 2.45) is 5.92 Å². The van der Waals surface area contributed by atoms with E-state index in [1.165, 1.54) is 46.0 Å². The van der Waals surface area contributed by atoms with Crippen molar-refractivity contribution in [3.05, 3.63) is 78.0 Å². The molecule has 0 aliphatic carbocycles. The molecule has 1 N–H and O–H groups in total. The van der Waals surface area contributed by atoms with Crippen LogP contribution in [0.25, 0.3) is 16.5 Å². The zero-order valence-corrected chi connectivity index (χ0v) is 16.4. The number of hydrogen-bond donors (Lipinski definition) is 1. The van der Waals surface area contributed by atoms with Gasteiger partial charge in [-0.3, -0.25) is 0 Å². The van der Waals surface area contributed by atoms with Gasteiger partial charge in [0.05, 0.1) is 0 Å². The Morgan fingerprint density at radius 2 is 1.81 bits per heavy atom. The molecule has 2 nitrogen and oxygen atoms in total. The Balaban J connectivity index is 1.59. The van der Waals surface area contributed by atoms with Crippen LogP contribution in [0.1, 0.15) is 42.9 Å². The molecule has 2 aromatic carbocycles. The maximum absolute atomic E-state index is 4.15. The van der Waals surface area contributed by atoms with Gasteiger partial charge >= 0.3 is 0 Å². The third kappa shape index (κ3) is 4.01. The normalized spacial score (nSPS) is 15.3. The molecular formula is C25H30N2. The summed E-state index contributed by atoms with van der Waals surface area (Å²) < 4.78 is 2.49. The van der Waals surface area contributed by atoms with E-state index >= 15 is 0 Å². The Morgan fingerprint density at radius 3 is 2.56 bits per heavy atom. The molecule has 0 spiro atoms. The van der Waals surface area contributed by atoms with Crippen LogP contribution in [0.4, 0.5) is 0 Å². The fraction of sp³-hybridized carbons (Fsp3) is 0.360. The quantitative estimate of drug-likeness (QED) is 0.602. The lowest BCUT2D eigenvalue weighted by Gasteiger charge is -2.23. The number of allylic oxidation sites excluding steroid dienone is 1. The van der Waals surface area contributed by atoms with E-state index in [1.54, 1.807) is 0 Å². The lowest BCUT2D eigenvalue weighted by atomic mass is 9.98. The van der Waals surface area contributed by atoms with Crippen molar-refractivity contribution in [1.29, 1.82) is 0 Å². The third-order valence-electron chi connectivity index (χ3n) is 5.97. The monoisotopic (exact) mass is 358 g/mol. The molecule has 27 heavy (non-hydrogen) atoms. The molecule has 0 radical (unpaired) electrons. The highest BCUT2D eigenvalue weighted by atomic mass is 15.0. The topological polar surface area (TPSA) is 17.0 Å². The second-order valence-corrected chi connectivity index (χ2v) is 7.85. The standard InChI is InChI=1S/C25H30N2/c1-3-19(2)22-10-8-20(9-11-22)16-23-18-27(17-21-12-14-26-15-13-21)25-7-5-4-6-24(23)25/h4-11,18,21,26H,2-3,12-17H2,1H3. The van der Waals surface area contributed by atoms with Crippen LogP contribution < -0.4 is 5.32 Å². The fourth-order valence-electron chi connectivity index (χ4n) is 4.24. The minimum absolute atomic E-state index is 0.786. The number of para-hydroxylation sites is 1. The lowest BCUT2D eigenvalue weighted by molar-refractivity contribution is 0.337. The predicted octanol–water partition coefficient (Wildman–Crippen LogP) is 5.65. The van der Waals surface area contributed by atoms with Gasteiger partial charge in [-0.1, -0.05) is 56.0 Å². The molecule has 0 amide bonds. The molecule has 0 saturated carbocycles. The van der Waals surface area contributed by atoms with Crippen LogP contribution in [0.3, 0.4) is 0 Å². The first kappa shape index (κ1) is 18.1. The molecule has 0 unspecified atom stereocenters. The number of benzene rings is 2. The lowest BCUT2D eigenvalue weighted by Crippen LogP contribution is -2.29. The summed E-state index contributed by atoms with van der Waals surface area (Å²) in [5.74, 6) is 0.786. The predicted molar refractivity (Wildman–Crippen MR) is 116 cm³/mol. The van der Waals surface area contributed by atoms with Crippen LogP contribution in [0, 0.1) is 5.92 Å². The van der Waals surface area contributed by atoms with Gasteiger partial charge in [-0.25, -0.2) is 0 Å². The van der Waals surface area contributed by atoms with Crippen molar-refractivity contribution >= 4 is 16.5 Å². The molecule has 2 heteroatoms. The smallest absolute Gasteiger partial charge is 0.0483 e. The van der Waals surface area contributed by atoms with Crippen molar-refractivity contribution in [2.75, 3.05) is 13.1 Å². The van der Waals surface area contributed by atoms with Crippen molar-refractivity contribution < 1.29 is 0 Å². The summed E-state index contributed by atoms with van der Waals surface area (Å²) in [5, 5.41) is 4.87. The molecule has 1 fully saturated rings. The number of aromatic nitrogens is 1. The molecule has 1 aliphatic heterocycles. The van der Waals surface area contributed by atoms with Gasteiger partial charge in [-0.15, -0.1) is 0 Å². The average Bonchev–Trinajstić information content (AvgIpc) is 3.06. The largest absolute Gasteiger partial charge is 0.347 e. The zero-order chi connectivity index (χ0) is 18.6. The summed E-state index contributed by atoms with van der Waals surface area (Å²) >= 11 is 0. The van der Waals surface area contributed by atoms with Crippen LogP contribution >= 0.6 is 0 Å². The van der Waals surface area contributed by atoms with Gasteiger partial charge in [0.1, 0.15) is 0 Å². The number of nitrogens with one attached hydrogen (secondary N) is 1. The van der Waals surface area contributed by atoms with Crippen molar-refractivity contribution in [3.8, 4) is 0 Å². The summed E-state index contributed by atoms with van der Waals surface area (Å²) in [4.78, 5) is 0. The second kappa shape index (κ2) is 8.14. The molecule has 4 rings (SSSR count). The third-order valence-corrected chi connectivity index (χ3v) is 5.97. The van der Waals surface area contributed by atoms with Crippen LogP contribution in [0.2, 0.25) is 0 Å². The van der Waals surface area contributed by atoms with E-state index < -0.39 is 0 Å². The molecule has 1 saturated heterocycles. The molecular weight excluding hydrogens is 328 g/mol. The Bertz CT molecular complexity index is 911. The Kier molecular flexibility index (Phi) is 5.45. The van der Waals surface area contributed by atoms with Crippen molar-refractivity contribution in [1.82, 2.24) is 9.88 Å². The van der Waals surface area contributed by atoms with E-state index in [9.17, 15) is 0 Å². The summed E-state index contributed by atoms with van der Waals surface area (Å²) in [6.07, 6.45) is 6.95. The van der Waals surface area contributed by atoms with Gasteiger partial charge in [-0.2, -0.15) is 0 Å². The number of rotatable bonds is 6. The van der Waals surface area contributed by atoms with E-state index in [1.807, 2.05) is 0 Å². The van der Waals surface area contributed by atoms with Crippen LogP contribution in [0.5, 0.6) is 0 Å². The minimum Gasteiger partial charge on any atom is -0.347 e. The first-order valence-corrected chi connectivity index (χ1v) is 10.3. The van der Waals surface area contributed by atoms with Gasteiger partial charge < -0.3 is 9.88 Å². The number of piperidine rings is 1. The summed E-state index contributed by atoms with van der Waals surface area (Å²) in [7, 11) is 0. The highest BCUT2D eigenvalue weighted by Gasteiger charge is 2.16. The number of hydrogen-bond acceptors (Lipinski definition) is 1. The van der Waals surface area contributed by atoms with E-state index in [0.717, 1.165) is 38.4 Å². The number of fused-ring (bicyclic) bond motifs is 1. The van der Waals surface area contributed by atoms with Crippen molar-refractivity contribution in [3.63, 3.8) is 0 Å².